The predicted molar refractivity (Wildman–Crippen MR) is 84.5 cm³/mol. The Morgan fingerprint density at radius 3 is 2.68 bits per heavy atom. The van der Waals surface area contributed by atoms with Crippen LogP contribution in [0.5, 0.6) is 0 Å². The van der Waals surface area contributed by atoms with Crippen LogP contribution in [-0.2, 0) is 11.2 Å². The summed E-state index contributed by atoms with van der Waals surface area (Å²) in [5, 5.41) is 2.06. The Morgan fingerprint density at radius 1 is 1.26 bits per heavy atom. The van der Waals surface area contributed by atoms with E-state index in [2.05, 4.69) is 51.6 Å². The van der Waals surface area contributed by atoms with Crippen molar-refractivity contribution in [2.45, 2.75) is 18.9 Å². The summed E-state index contributed by atoms with van der Waals surface area (Å²) in [6.07, 6.45) is 2.09. The lowest BCUT2D eigenvalue weighted by molar-refractivity contribution is 0.0594. The quantitative estimate of drug-likeness (QED) is 0.768. The third-order valence-electron chi connectivity index (χ3n) is 2.89. The second kappa shape index (κ2) is 7.80. The van der Waals surface area contributed by atoms with Gasteiger partial charge < -0.3 is 10.5 Å². The molecule has 19 heavy (non-hydrogen) atoms. The van der Waals surface area contributed by atoms with Crippen molar-refractivity contribution in [2.75, 3.05) is 13.2 Å². The van der Waals surface area contributed by atoms with E-state index in [4.69, 9.17) is 10.5 Å². The zero-order valence-electron chi connectivity index (χ0n) is 10.7. The molecule has 2 nitrogen and oxygen atoms in total. The third-order valence-corrected chi connectivity index (χ3v) is 4.68. The summed E-state index contributed by atoms with van der Waals surface area (Å²) in [4.78, 5) is 1.19. The minimum Gasteiger partial charge on any atom is -0.371 e. The van der Waals surface area contributed by atoms with E-state index in [0.29, 0.717) is 6.54 Å². The maximum atomic E-state index is 5.88. The number of ether oxygens (including phenoxy) is 1. The first-order valence-corrected chi connectivity index (χ1v) is 8.06. The maximum Gasteiger partial charge on any atom is 0.104 e. The molecule has 0 radical (unpaired) electrons. The standard InChI is InChI=1S/C15H18BrNOS/c16-13-9-15(19-11-13)14(10-17)18-8-4-7-12-5-2-1-3-6-12/h1-3,5-6,9,11,14H,4,7-8,10,17H2. The number of thiophene rings is 1. The van der Waals surface area contributed by atoms with Gasteiger partial charge in [-0.25, -0.2) is 0 Å². The third kappa shape index (κ3) is 4.73. The summed E-state index contributed by atoms with van der Waals surface area (Å²) >= 11 is 5.14. The number of rotatable bonds is 7. The molecule has 0 aliphatic heterocycles. The first kappa shape index (κ1) is 14.7. The number of halogens is 1. The van der Waals surface area contributed by atoms with Crippen molar-refractivity contribution in [3.05, 3.63) is 56.7 Å². The maximum absolute atomic E-state index is 5.88. The fourth-order valence-corrected chi connectivity index (χ4v) is 3.42. The molecular weight excluding hydrogens is 322 g/mol. The second-order valence-electron chi connectivity index (χ2n) is 4.35. The Bertz CT molecular complexity index is 486. The van der Waals surface area contributed by atoms with E-state index in [-0.39, 0.29) is 6.10 Å². The second-order valence-corrected chi connectivity index (χ2v) is 6.21. The molecule has 0 aliphatic rings. The average Bonchev–Trinajstić information content (AvgIpc) is 2.86. The number of hydrogen-bond acceptors (Lipinski definition) is 3. The molecule has 0 spiro atoms. The average molecular weight is 340 g/mol. The monoisotopic (exact) mass is 339 g/mol. The van der Waals surface area contributed by atoms with Gasteiger partial charge in [-0.05, 0) is 40.4 Å². The highest BCUT2D eigenvalue weighted by Crippen LogP contribution is 2.27. The topological polar surface area (TPSA) is 35.2 Å². The van der Waals surface area contributed by atoms with Crippen LogP contribution in [0.2, 0.25) is 0 Å². The first-order valence-electron chi connectivity index (χ1n) is 6.39. The summed E-state index contributed by atoms with van der Waals surface area (Å²) in [5.74, 6) is 0. The van der Waals surface area contributed by atoms with Crippen LogP contribution < -0.4 is 5.73 Å². The molecule has 1 heterocycles. The van der Waals surface area contributed by atoms with Gasteiger partial charge >= 0.3 is 0 Å². The molecule has 2 rings (SSSR count). The molecule has 0 amide bonds. The smallest absolute Gasteiger partial charge is 0.104 e. The summed E-state index contributed by atoms with van der Waals surface area (Å²) in [6.45, 7) is 1.27. The van der Waals surface area contributed by atoms with Crippen LogP contribution >= 0.6 is 27.3 Å². The SMILES string of the molecule is NCC(OCCCc1ccccc1)c1cc(Br)cs1. The molecule has 1 aromatic carbocycles. The molecule has 0 saturated carbocycles. The Kier molecular flexibility index (Phi) is 6.04. The van der Waals surface area contributed by atoms with Crippen LogP contribution in [0.15, 0.2) is 46.3 Å². The van der Waals surface area contributed by atoms with Crippen molar-refractivity contribution in [3.8, 4) is 0 Å². The largest absolute Gasteiger partial charge is 0.371 e. The lowest BCUT2D eigenvalue weighted by Gasteiger charge is -2.14. The van der Waals surface area contributed by atoms with E-state index < -0.39 is 0 Å². The van der Waals surface area contributed by atoms with E-state index in [0.717, 1.165) is 23.9 Å². The lowest BCUT2D eigenvalue weighted by atomic mass is 10.1. The minimum atomic E-state index is 0.0204. The van der Waals surface area contributed by atoms with E-state index in [1.54, 1.807) is 11.3 Å². The van der Waals surface area contributed by atoms with E-state index in [1.807, 2.05) is 6.07 Å². The van der Waals surface area contributed by atoms with Gasteiger partial charge in [-0.15, -0.1) is 11.3 Å². The first-order chi connectivity index (χ1) is 9.29. The van der Waals surface area contributed by atoms with Gasteiger partial charge in [0.05, 0.1) is 0 Å². The van der Waals surface area contributed by atoms with Crippen LogP contribution in [0.4, 0.5) is 0 Å². The molecule has 2 N–H and O–H groups in total. The number of hydrogen-bond donors (Lipinski definition) is 1. The van der Waals surface area contributed by atoms with Crippen LogP contribution in [0.25, 0.3) is 0 Å². The van der Waals surface area contributed by atoms with E-state index in [9.17, 15) is 0 Å². The van der Waals surface area contributed by atoms with Crippen molar-refractivity contribution in [1.82, 2.24) is 0 Å². The molecule has 1 aromatic heterocycles. The van der Waals surface area contributed by atoms with Crippen molar-refractivity contribution < 1.29 is 4.74 Å². The van der Waals surface area contributed by atoms with Crippen molar-refractivity contribution >= 4 is 27.3 Å². The number of nitrogens with two attached hydrogens (primary N) is 1. The van der Waals surface area contributed by atoms with E-state index >= 15 is 0 Å². The van der Waals surface area contributed by atoms with Crippen molar-refractivity contribution in [3.63, 3.8) is 0 Å². The van der Waals surface area contributed by atoms with Gasteiger partial charge in [0.15, 0.2) is 0 Å². The van der Waals surface area contributed by atoms with Gasteiger partial charge in [0.1, 0.15) is 6.10 Å². The van der Waals surface area contributed by atoms with E-state index in [1.165, 1.54) is 10.4 Å². The Morgan fingerprint density at radius 2 is 2.05 bits per heavy atom. The zero-order valence-corrected chi connectivity index (χ0v) is 13.1. The normalized spacial score (nSPS) is 12.5. The zero-order chi connectivity index (χ0) is 13.5. The summed E-state index contributed by atoms with van der Waals surface area (Å²) in [7, 11) is 0. The molecule has 1 atom stereocenters. The Balaban J connectivity index is 1.75. The Hall–Kier alpha value is -0.680. The molecule has 0 saturated heterocycles. The fraction of sp³-hybridized carbons (Fsp3) is 0.333. The van der Waals surface area contributed by atoms with Gasteiger partial charge in [0.25, 0.3) is 0 Å². The molecular formula is C15H18BrNOS. The van der Waals surface area contributed by atoms with Crippen LogP contribution in [0.1, 0.15) is 23.0 Å². The minimum absolute atomic E-state index is 0.0204. The van der Waals surface area contributed by atoms with Gasteiger partial charge in [-0.2, -0.15) is 0 Å². The summed E-state index contributed by atoms with van der Waals surface area (Å²) < 4.78 is 6.97. The van der Waals surface area contributed by atoms with Crippen molar-refractivity contribution in [2.24, 2.45) is 5.73 Å². The molecule has 4 heteroatoms. The van der Waals surface area contributed by atoms with Gasteiger partial charge in [0.2, 0.25) is 0 Å². The molecule has 0 fully saturated rings. The van der Waals surface area contributed by atoms with Gasteiger partial charge in [-0.3, -0.25) is 0 Å². The molecule has 2 aromatic rings. The van der Waals surface area contributed by atoms with Gasteiger partial charge in [0, 0.05) is 27.9 Å². The van der Waals surface area contributed by atoms with Crippen LogP contribution in [-0.4, -0.2) is 13.2 Å². The summed E-state index contributed by atoms with van der Waals surface area (Å²) in [6, 6.07) is 12.6. The highest BCUT2D eigenvalue weighted by Gasteiger charge is 2.12. The highest BCUT2D eigenvalue weighted by atomic mass is 79.9. The van der Waals surface area contributed by atoms with Gasteiger partial charge in [-0.1, -0.05) is 30.3 Å². The molecule has 102 valence electrons. The molecule has 0 bridgehead atoms. The van der Waals surface area contributed by atoms with Crippen molar-refractivity contribution in [1.29, 1.82) is 0 Å². The number of benzene rings is 1. The predicted octanol–water partition coefficient (Wildman–Crippen LogP) is 4.16. The molecule has 0 aliphatic carbocycles. The Labute approximate surface area is 126 Å². The van der Waals surface area contributed by atoms with Crippen LogP contribution in [0, 0.1) is 0 Å². The fourth-order valence-electron chi connectivity index (χ4n) is 1.91. The lowest BCUT2D eigenvalue weighted by Crippen LogP contribution is -2.15. The summed E-state index contributed by atoms with van der Waals surface area (Å²) in [5.41, 5.74) is 7.13. The number of aryl methyl sites for hydroxylation is 1. The highest BCUT2D eigenvalue weighted by molar-refractivity contribution is 9.10. The molecule has 1 unspecified atom stereocenters. The van der Waals surface area contributed by atoms with Crippen LogP contribution in [0.3, 0.4) is 0 Å².